The van der Waals surface area contributed by atoms with Gasteiger partial charge in [0.15, 0.2) is 7.58 Å². The first-order chi connectivity index (χ1) is 6.42. The summed E-state index contributed by atoms with van der Waals surface area (Å²) in [5.41, 5.74) is 0. The highest BCUT2D eigenvalue weighted by molar-refractivity contribution is 8.08. The Morgan fingerprint density at radius 1 is 1.43 bits per heavy atom. The molecule has 0 aromatic heterocycles. The van der Waals surface area contributed by atoms with E-state index in [9.17, 15) is 0 Å². The molecule has 1 heterocycles. The lowest BCUT2D eigenvalue weighted by atomic mass is 10.8. The molecule has 0 spiro atoms. The number of allylic oxidation sites excluding steroid dienone is 1. The lowest BCUT2D eigenvalue weighted by Crippen LogP contribution is -2.09. The fourth-order valence-corrected chi connectivity index (χ4v) is 13.0. The second-order valence-electron chi connectivity index (χ2n) is 2.17. The van der Waals surface area contributed by atoms with E-state index in [0.717, 1.165) is 0 Å². The van der Waals surface area contributed by atoms with Crippen LogP contribution in [0.25, 0.3) is 0 Å². The minimum atomic E-state index is -2.36. The Labute approximate surface area is 110 Å². The lowest BCUT2D eigenvalue weighted by molar-refractivity contribution is 1.04. The van der Waals surface area contributed by atoms with E-state index >= 15 is 0 Å². The summed E-state index contributed by atoms with van der Waals surface area (Å²) < 4.78 is 6.66. The van der Waals surface area contributed by atoms with Crippen LogP contribution in [0.1, 0.15) is 0 Å². The molecule has 0 aliphatic carbocycles. The van der Waals surface area contributed by atoms with E-state index < -0.39 is 21.7 Å². The summed E-state index contributed by atoms with van der Waals surface area (Å²) in [5.74, 6) is 0. The van der Waals surface area contributed by atoms with Crippen LogP contribution < -0.4 is 0 Å². The fraction of sp³-hybridized carbons (Fsp3) is 0.333. The van der Waals surface area contributed by atoms with Crippen molar-refractivity contribution >= 4 is 79.0 Å². The average Bonchev–Trinajstić information content (AvgIpc) is 2.12. The normalized spacial score (nSPS) is 40.6. The molecule has 3 unspecified atom stereocenters. The van der Waals surface area contributed by atoms with Gasteiger partial charge in [-0.05, 0) is 34.8 Å². The summed E-state index contributed by atoms with van der Waals surface area (Å²) >= 11 is 29.8. The Hall–Kier alpha value is 2.20. The Balaban J connectivity index is 3.05. The van der Waals surface area contributed by atoms with Crippen molar-refractivity contribution in [2.45, 2.75) is 0 Å². The Morgan fingerprint density at radius 2 is 2.00 bits per heavy atom. The largest absolute Gasteiger partial charge is 0.214 e. The number of halogens is 5. The third kappa shape index (κ3) is 2.90. The highest BCUT2D eigenvalue weighted by Gasteiger charge is 2.41. The molecule has 0 radical (unpaired) electrons. The van der Waals surface area contributed by atoms with Crippen molar-refractivity contribution in [3.63, 3.8) is 0 Å². The topological polar surface area (TPSA) is 18.8 Å². The minimum absolute atomic E-state index is 0.458. The van der Waals surface area contributed by atoms with E-state index in [-0.39, 0.29) is 0 Å². The molecule has 0 saturated heterocycles. The van der Waals surface area contributed by atoms with Crippen LogP contribution in [-0.2, 0) is 0 Å². The van der Waals surface area contributed by atoms with Crippen molar-refractivity contribution in [3.05, 3.63) is 12.7 Å². The van der Waals surface area contributed by atoms with E-state index in [0.29, 0.717) is 6.16 Å². The monoisotopic (exact) mass is 351 g/mol. The quantitative estimate of drug-likeness (QED) is 0.330. The zero-order chi connectivity index (χ0) is 10.9. The summed E-state index contributed by atoms with van der Waals surface area (Å²) in [5, 5.41) is 0. The predicted molar refractivity (Wildman–Crippen MR) is 71.2 cm³/mol. The van der Waals surface area contributed by atoms with Crippen molar-refractivity contribution in [1.29, 1.82) is 0 Å². The molecule has 0 aromatic carbocycles. The molecule has 0 N–H and O–H groups in total. The van der Waals surface area contributed by atoms with Gasteiger partial charge in [-0.25, -0.2) is 4.52 Å². The van der Waals surface area contributed by atoms with E-state index in [1.165, 1.54) is 7.92 Å². The second kappa shape index (κ2) is 5.69. The van der Waals surface area contributed by atoms with Crippen LogP contribution in [0.3, 0.4) is 0 Å². The molecule has 1 aliphatic rings. The van der Waals surface area contributed by atoms with Gasteiger partial charge in [0.1, 0.15) is 6.56 Å². The van der Waals surface area contributed by atoms with Gasteiger partial charge in [0.25, 0.3) is 0 Å². The number of nitrogens with zero attached hydrogens (tertiary/aromatic N) is 3. The van der Waals surface area contributed by atoms with Crippen LogP contribution in [0.4, 0.5) is 0 Å². The van der Waals surface area contributed by atoms with Crippen LogP contribution in [0, 0.1) is 0 Å². The highest BCUT2D eigenvalue weighted by Crippen LogP contribution is 2.83. The van der Waals surface area contributed by atoms with Gasteiger partial charge in [-0.1, -0.05) is 28.6 Å². The first-order valence-corrected chi connectivity index (χ1v) is 10.9. The first kappa shape index (κ1) is 14.3. The summed E-state index contributed by atoms with van der Waals surface area (Å²) in [6.45, 7) is 1.22. The summed E-state index contributed by atoms with van der Waals surface area (Å²) in [4.78, 5) is 0. The standard InChI is InChI=1S/C3H5Cl5N3P3/c1-2-3-14(8)9-12(6)10(4)13(7)11(14)5/h2H,1,3H2. The van der Waals surface area contributed by atoms with Crippen LogP contribution in [0.5, 0.6) is 0 Å². The molecular formula is C3H5Cl5N3P3. The molecule has 11 heteroatoms. The van der Waals surface area contributed by atoms with Gasteiger partial charge in [0.2, 0.25) is 7.58 Å². The summed E-state index contributed by atoms with van der Waals surface area (Å²) in [6.07, 6.45) is 2.10. The maximum Gasteiger partial charge on any atom is 0.210 e. The highest BCUT2D eigenvalue weighted by atomic mass is 35.7. The van der Waals surface area contributed by atoms with E-state index in [2.05, 4.69) is 11.1 Å². The molecule has 0 bridgehead atoms. The van der Waals surface area contributed by atoms with Crippen LogP contribution in [0.2, 0.25) is 0 Å². The average molecular weight is 353 g/mol. The third-order valence-electron chi connectivity index (χ3n) is 1.23. The molecule has 1 aliphatic heterocycles. The molecule has 82 valence electrons. The van der Waals surface area contributed by atoms with Gasteiger partial charge in [-0.15, -0.1) is 14.5 Å². The minimum Gasteiger partial charge on any atom is -0.214 e. The zero-order valence-electron chi connectivity index (χ0n) is 6.56. The molecule has 3 nitrogen and oxygen atoms in total. The van der Waals surface area contributed by atoms with Crippen molar-refractivity contribution in [3.8, 4) is 0 Å². The Morgan fingerprint density at radius 3 is 2.50 bits per heavy atom. The van der Waals surface area contributed by atoms with Gasteiger partial charge in [-0.2, -0.15) is 0 Å². The maximum atomic E-state index is 6.23. The number of hydrogen-bond donors (Lipinski definition) is 0. The maximum absolute atomic E-state index is 6.23. The van der Waals surface area contributed by atoms with E-state index in [1.807, 2.05) is 0 Å². The van der Waals surface area contributed by atoms with Crippen molar-refractivity contribution < 1.29 is 0 Å². The van der Waals surface area contributed by atoms with Gasteiger partial charge in [0.05, 0.1) is 0 Å². The van der Waals surface area contributed by atoms with Gasteiger partial charge < -0.3 is 0 Å². The van der Waals surface area contributed by atoms with Crippen molar-refractivity contribution in [2.75, 3.05) is 6.16 Å². The first-order valence-electron chi connectivity index (χ1n) is 3.18. The van der Waals surface area contributed by atoms with Gasteiger partial charge in [-0.3, -0.25) is 0 Å². The number of rotatable bonds is 2. The van der Waals surface area contributed by atoms with Crippen LogP contribution >= 0.6 is 79.0 Å². The SMILES string of the molecule is C=CCP1(Cl)=NP(Cl)N(Cl)P(Cl)N1Cl. The van der Waals surface area contributed by atoms with E-state index in [1.54, 1.807) is 6.08 Å². The number of hydrogen-bond acceptors (Lipinski definition) is 3. The molecule has 0 amide bonds. The van der Waals surface area contributed by atoms with E-state index in [4.69, 9.17) is 57.3 Å². The van der Waals surface area contributed by atoms with Gasteiger partial charge in [0, 0.05) is 6.16 Å². The molecule has 0 fully saturated rings. The lowest BCUT2D eigenvalue weighted by Gasteiger charge is -2.36. The fourth-order valence-electron chi connectivity index (χ4n) is 0.682. The Bertz CT molecular complexity index is 287. The smallest absolute Gasteiger partial charge is 0.210 e. The van der Waals surface area contributed by atoms with Crippen LogP contribution in [-0.4, -0.2) is 14.1 Å². The molecular weight excluding hydrogens is 348 g/mol. The van der Waals surface area contributed by atoms with Gasteiger partial charge >= 0.3 is 0 Å². The predicted octanol–water partition coefficient (Wildman–Crippen LogP) is 6.30. The Kier molecular flexibility index (Phi) is 5.80. The molecule has 14 heavy (non-hydrogen) atoms. The van der Waals surface area contributed by atoms with Crippen molar-refractivity contribution in [1.82, 2.24) is 7.92 Å². The molecule has 0 aromatic rings. The molecule has 3 atom stereocenters. The van der Waals surface area contributed by atoms with Crippen molar-refractivity contribution in [2.24, 2.45) is 4.52 Å². The third-order valence-corrected chi connectivity index (χ3v) is 15.1. The summed E-state index contributed by atoms with van der Waals surface area (Å²) in [6, 6.07) is 0. The molecule has 1 rings (SSSR count). The van der Waals surface area contributed by atoms with Crippen LogP contribution in [0.15, 0.2) is 17.2 Å². The summed E-state index contributed by atoms with van der Waals surface area (Å²) in [7, 11) is -2.79. The zero-order valence-corrected chi connectivity index (χ0v) is 13.0. The second-order valence-corrected chi connectivity index (χ2v) is 12.8. The molecule has 0 saturated carbocycles.